The number of halogens is 1. The van der Waals surface area contributed by atoms with E-state index in [0.717, 1.165) is 31.7 Å². The van der Waals surface area contributed by atoms with E-state index in [9.17, 15) is 19.8 Å². The second kappa shape index (κ2) is 5.58. The minimum absolute atomic E-state index is 0.0979. The van der Waals surface area contributed by atoms with Crippen molar-refractivity contribution < 1.29 is 9.31 Å². The Morgan fingerprint density at radius 2 is 2.35 bits per heavy atom. The molecule has 5 heteroatoms. The lowest BCUT2D eigenvalue weighted by molar-refractivity contribution is -0.385. The molecule has 0 heterocycles. The fraction of sp³-hybridized carbons (Fsp3) is 0.533. The van der Waals surface area contributed by atoms with Gasteiger partial charge in [0.2, 0.25) is 0 Å². The molecule has 0 amide bonds. The fourth-order valence-corrected chi connectivity index (χ4v) is 3.20. The normalized spacial score (nSPS) is 25.9. The second-order valence-electron chi connectivity index (χ2n) is 5.80. The van der Waals surface area contributed by atoms with Crippen molar-refractivity contribution in [3.8, 4) is 6.07 Å². The summed E-state index contributed by atoms with van der Waals surface area (Å²) in [5.41, 5.74) is -0.374. The van der Waals surface area contributed by atoms with E-state index >= 15 is 0 Å². The third-order valence-corrected chi connectivity index (χ3v) is 4.10. The van der Waals surface area contributed by atoms with Crippen molar-refractivity contribution in [2.24, 2.45) is 11.3 Å². The van der Waals surface area contributed by atoms with Gasteiger partial charge in [0.1, 0.15) is 5.82 Å². The Kier molecular flexibility index (Phi) is 4.03. The molecule has 0 aromatic heterocycles. The highest BCUT2D eigenvalue weighted by molar-refractivity contribution is 5.41. The van der Waals surface area contributed by atoms with E-state index in [1.165, 1.54) is 12.1 Å². The molecule has 106 valence electrons. The van der Waals surface area contributed by atoms with Crippen LogP contribution in [-0.4, -0.2) is 4.92 Å². The first-order chi connectivity index (χ1) is 9.46. The average molecular weight is 276 g/mol. The van der Waals surface area contributed by atoms with Gasteiger partial charge in [-0.15, -0.1) is 0 Å². The molecular formula is C15H17FN2O2. The maximum absolute atomic E-state index is 13.4. The lowest BCUT2D eigenvalue weighted by Crippen LogP contribution is -2.29. The third-order valence-electron chi connectivity index (χ3n) is 4.10. The molecule has 1 saturated carbocycles. The molecule has 1 aliphatic rings. The molecule has 0 spiro atoms. The zero-order valence-corrected chi connectivity index (χ0v) is 11.4. The van der Waals surface area contributed by atoms with Gasteiger partial charge in [0.25, 0.3) is 5.69 Å². The Hall–Kier alpha value is -1.96. The van der Waals surface area contributed by atoms with Crippen molar-refractivity contribution in [1.29, 1.82) is 5.26 Å². The van der Waals surface area contributed by atoms with Gasteiger partial charge < -0.3 is 0 Å². The van der Waals surface area contributed by atoms with Crippen LogP contribution in [0.5, 0.6) is 0 Å². The molecule has 20 heavy (non-hydrogen) atoms. The van der Waals surface area contributed by atoms with Crippen LogP contribution in [0.2, 0.25) is 0 Å². The number of hydrogen-bond donors (Lipinski definition) is 0. The first-order valence-electron chi connectivity index (χ1n) is 6.80. The van der Waals surface area contributed by atoms with Crippen LogP contribution in [0.1, 0.15) is 38.2 Å². The first kappa shape index (κ1) is 14.4. The highest BCUT2D eigenvalue weighted by Gasteiger charge is 2.37. The number of rotatable bonds is 3. The Morgan fingerprint density at radius 3 is 2.95 bits per heavy atom. The molecular weight excluding hydrogens is 259 g/mol. The maximum Gasteiger partial charge on any atom is 0.272 e. The number of benzene rings is 1. The van der Waals surface area contributed by atoms with E-state index in [-0.39, 0.29) is 12.1 Å². The van der Waals surface area contributed by atoms with Gasteiger partial charge in [-0.2, -0.15) is 5.26 Å². The summed E-state index contributed by atoms with van der Waals surface area (Å²) in [6, 6.07) is 5.80. The smallest absolute Gasteiger partial charge is 0.258 e. The van der Waals surface area contributed by atoms with Gasteiger partial charge in [-0.1, -0.05) is 19.8 Å². The predicted molar refractivity (Wildman–Crippen MR) is 72.4 cm³/mol. The Bertz CT molecular complexity index is 567. The molecule has 1 aromatic carbocycles. The Labute approximate surface area is 117 Å². The van der Waals surface area contributed by atoms with Gasteiger partial charge in [0.05, 0.1) is 16.4 Å². The Balaban J connectivity index is 2.34. The number of hydrogen-bond acceptors (Lipinski definition) is 3. The van der Waals surface area contributed by atoms with Gasteiger partial charge in [-0.3, -0.25) is 10.1 Å². The zero-order valence-electron chi connectivity index (χ0n) is 11.4. The van der Waals surface area contributed by atoms with E-state index in [1.807, 2.05) is 0 Å². The van der Waals surface area contributed by atoms with Crippen molar-refractivity contribution in [3.05, 3.63) is 39.7 Å². The number of nitrogens with zero attached hydrogens (tertiary/aromatic N) is 2. The molecule has 0 N–H and O–H groups in total. The maximum atomic E-state index is 13.4. The summed E-state index contributed by atoms with van der Waals surface area (Å²) in [6.45, 7) is 2.09. The van der Waals surface area contributed by atoms with Crippen molar-refractivity contribution in [3.63, 3.8) is 0 Å². The number of nitro groups is 1. The summed E-state index contributed by atoms with van der Waals surface area (Å²) in [6.07, 6.45) is 3.72. The number of nitro benzene ring substituents is 1. The highest BCUT2D eigenvalue weighted by atomic mass is 19.1. The molecule has 1 aromatic rings. The summed E-state index contributed by atoms with van der Waals surface area (Å²) < 4.78 is 13.4. The summed E-state index contributed by atoms with van der Waals surface area (Å²) in [5, 5.41) is 20.5. The standard InChI is InChI=1S/C15H17FN2O2/c1-11-3-2-6-15(8-11,10-17)9-12-7-13(16)4-5-14(12)18(19)20/h4-5,7,11H,2-3,6,8-9H2,1H3. The molecule has 1 aliphatic carbocycles. The van der Waals surface area contributed by atoms with Crippen LogP contribution >= 0.6 is 0 Å². The van der Waals surface area contributed by atoms with Gasteiger partial charge in [0, 0.05) is 11.6 Å². The van der Waals surface area contributed by atoms with Crippen molar-refractivity contribution >= 4 is 5.69 Å². The third kappa shape index (κ3) is 2.96. The molecule has 2 atom stereocenters. The summed E-state index contributed by atoms with van der Waals surface area (Å²) in [5.74, 6) is -0.0708. The Morgan fingerprint density at radius 1 is 1.60 bits per heavy atom. The van der Waals surface area contributed by atoms with Crippen LogP contribution in [0.4, 0.5) is 10.1 Å². The number of nitriles is 1. The van der Waals surface area contributed by atoms with Crippen molar-refractivity contribution in [2.45, 2.75) is 39.0 Å². The molecule has 0 radical (unpaired) electrons. The minimum atomic E-state index is -0.601. The minimum Gasteiger partial charge on any atom is -0.258 e. The lowest BCUT2D eigenvalue weighted by Gasteiger charge is -2.34. The average Bonchev–Trinajstić information content (AvgIpc) is 2.38. The van der Waals surface area contributed by atoms with Crippen LogP contribution in [0.15, 0.2) is 18.2 Å². The summed E-state index contributed by atoms with van der Waals surface area (Å²) >= 11 is 0. The van der Waals surface area contributed by atoms with Gasteiger partial charge in [-0.05, 0) is 37.3 Å². The van der Waals surface area contributed by atoms with Crippen LogP contribution in [-0.2, 0) is 6.42 Å². The van der Waals surface area contributed by atoms with E-state index in [2.05, 4.69) is 13.0 Å². The van der Waals surface area contributed by atoms with Crippen molar-refractivity contribution in [1.82, 2.24) is 0 Å². The highest BCUT2D eigenvalue weighted by Crippen LogP contribution is 2.42. The van der Waals surface area contributed by atoms with Crippen molar-refractivity contribution in [2.75, 3.05) is 0 Å². The molecule has 2 unspecified atom stereocenters. The molecule has 0 saturated heterocycles. The van der Waals surface area contributed by atoms with E-state index in [1.54, 1.807) is 0 Å². The van der Waals surface area contributed by atoms with Crippen LogP contribution in [0, 0.1) is 38.6 Å². The quantitative estimate of drug-likeness (QED) is 0.619. The van der Waals surface area contributed by atoms with Gasteiger partial charge in [-0.25, -0.2) is 4.39 Å². The molecule has 4 nitrogen and oxygen atoms in total. The molecule has 0 aliphatic heterocycles. The first-order valence-corrected chi connectivity index (χ1v) is 6.80. The van der Waals surface area contributed by atoms with Crippen LogP contribution in [0.25, 0.3) is 0 Å². The fourth-order valence-electron chi connectivity index (χ4n) is 3.20. The van der Waals surface area contributed by atoms with E-state index in [0.29, 0.717) is 11.5 Å². The van der Waals surface area contributed by atoms with Crippen LogP contribution in [0.3, 0.4) is 0 Å². The van der Waals surface area contributed by atoms with Gasteiger partial charge >= 0.3 is 0 Å². The monoisotopic (exact) mass is 276 g/mol. The molecule has 0 bridgehead atoms. The SMILES string of the molecule is CC1CCCC(C#N)(Cc2cc(F)ccc2[N+](=O)[O-])C1. The summed E-state index contributed by atoms with van der Waals surface area (Å²) in [7, 11) is 0. The molecule has 2 rings (SSSR count). The topological polar surface area (TPSA) is 66.9 Å². The summed E-state index contributed by atoms with van der Waals surface area (Å²) in [4.78, 5) is 10.5. The molecule has 1 fully saturated rings. The van der Waals surface area contributed by atoms with Crippen LogP contribution < -0.4 is 0 Å². The zero-order chi connectivity index (χ0) is 14.8. The van der Waals surface area contributed by atoms with E-state index in [4.69, 9.17) is 0 Å². The second-order valence-corrected chi connectivity index (χ2v) is 5.80. The van der Waals surface area contributed by atoms with E-state index < -0.39 is 16.2 Å². The largest absolute Gasteiger partial charge is 0.272 e. The van der Waals surface area contributed by atoms with Gasteiger partial charge in [0.15, 0.2) is 0 Å². The predicted octanol–water partition coefficient (Wildman–Crippen LogP) is 4.00. The lowest BCUT2D eigenvalue weighted by atomic mass is 9.68.